The first-order valence-corrected chi connectivity index (χ1v) is 7.18. The molecule has 1 aliphatic rings. The van der Waals surface area contributed by atoms with Gasteiger partial charge in [0.15, 0.2) is 0 Å². The van der Waals surface area contributed by atoms with Crippen LogP contribution in [0.25, 0.3) is 11.0 Å². The minimum Gasteiger partial charge on any atom is -0.422 e. The smallest absolute Gasteiger partial charge is 0.336 e. The summed E-state index contributed by atoms with van der Waals surface area (Å²) in [5, 5.41) is 11.0. The lowest BCUT2D eigenvalue weighted by molar-refractivity contribution is 0.169. The fraction of sp³-hybridized carbons (Fsp3) is 0.357. The summed E-state index contributed by atoms with van der Waals surface area (Å²) in [6.45, 7) is 1.91. The van der Waals surface area contributed by atoms with Crippen molar-refractivity contribution in [3.8, 4) is 0 Å². The van der Waals surface area contributed by atoms with Gasteiger partial charge in [0.1, 0.15) is 5.58 Å². The lowest BCUT2D eigenvalue weighted by Gasteiger charge is -2.26. The van der Waals surface area contributed by atoms with Crippen molar-refractivity contribution in [2.45, 2.75) is 29.8 Å². The first-order valence-electron chi connectivity index (χ1n) is 5.93. The number of hydrogen-bond donors (Lipinski definition) is 1. The number of aliphatic hydroxyl groups excluding tert-OH is 1. The Morgan fingerprint density at radius 3 is 2.94 bits per heavy atom. The zero-order valence-electron chi connectivity index (χ0n) is 9.94. The minimum absolute atomic E-state index is 0.226. The van der Waals surface area contributed by atoms with E-state index in [0.29, 0.717) is 12.0 Å². The summed E-state index contributed by atoms with van der Waals surface area (Å²) in [7, 11) is 0. The van der Waals surface area contributed by atoms with Crippen molar-refractivity contribution in [3.63, 3.8) is 0 Å². The van der Waals surface area contributed by atoms with Crippen LogP contribution in [0, 0.1) is 6.92 Å². The van der Waals surface area contributed by atoms with Gasteiger partial charge in [-0.25, -0.2) is 4.79 Å². The molecule has 0 spiro atoms. The van der Waals surface area contributed by atoms with Crippen LogP contribution in [-0.4, -0.2) is 15.1 Å². The monoisotopic (exact) mass is 356 g/mol. The fourth-order valence-corrected chi connectivity index (χ4v) is 3.31. The Morgan fingerprint density at radius 1 is 1.39 bits per heavy atom. The normalized spacial score (nSPS) is 23.1. The third-order valence-corrected chi connectivity index (χ3v) is 4.84. The number of fused-ring (bicyclic) bond motifs is 3. The van der Waals surface area contributed by atoms with Gasteiger partial charge >= 0.3 is 5.63 Å². The van der Waals surface area contributed by atoms with E-state index in [-0.39, 0.29) is 15.7 Å². The molecule has 0 fully saturated rings. The number of rotatable bonds is 0. The highest BCUT2D eigenvalue weighted by molar-refractivity contribution is 14.1. The summed E-state index contributed by atoms with van der Waals surface area (Å²) < 4.78 is 5.58. The topological polar surface area (TPSA) is 50.4 Å². The van der Waals surface area contributed by atoms with Crippen LogP contribution >= 0.6 is 22.6 Å². The second kappa shape index (κ2) is 4.35. The molecule has 0 bridgehead atoms. The van der Waals surface area contributed by atoms with E-state index in [1.165, 1.54) is 11.6 Å². The second-order valence-corrected chi connectivity index (χ2v) is 6.42. The van der Waals surface area contributed by atoms with Crippen LogP contribution in [0.3, 0.4) is 0 Å². The molecule has 1 aliphatic carbocycles. The number of halogens is 1. The van der Waals surface area contributed by atoms with Crippen LogP contribution < -0.4 is 5.63 Å². The summed E-state index contributed by atoms with van der Waals surface area (Å²) >= 11 is 2.27. The minimum atomic E-state index is -0.366. The average molecular weight is 356 g/mol. The van der Waals surface area contributed by atoms with Gasteiger partial charge in [-0.2, -0.15) is 0 Å². The zero-order chi connectivity index (χ0) is 12.9. The van der Waals surface area contributed by atoms with Gasteiger partial charge in [-0.1, -0.05) is 34.7 Å². The Hall–Kier alpha value is -0.880. The van der Waals surface area contributed by atoms with Crippen LogP contribution in [0.2, 0.25) is 0 Å². The predicted molar refractivity (Wildman–Crippen MR) is 78.4 cm³/mol. The second-order valence-electron chi connectivity index (χ2n) is 4.82. The standard InChI is InChI=1S/C14H13IO3/c1-7-4-13(17)18-14-9(7)3-2-8-5-11(15)12(16)6-10(8)14/h2-4,11-12,16H,5-6H2,1H3/t11-,12-/m1/s1. The number of alkyl halides is 1. The first kappa shape index (κ1) is 12.2. The molecule has 1 aromatic carbocycles. The van der Waals surface area contributed by atoms with Crippen molar-refractivity contribution in [1.82, 2.24) is 0 Å². The SMILES string of the molecule is Cc1cc(=O)oc2c3c(ccc12)C[C@@H](I)[C@H](O)C3. The molecule has 18 heavy (non-hydrogen) atoms. The Kier molecular flexibility index (Phi) is 2.94. The first-order chi connectivity index (χ1) is 8.56. The van der Waals surface area contributed by atoms with Crippen molar-refractivity contribution in [3.05, 3.63) is 45.3 Å². The highest BCUT2D eigenvalue weighted by Crippen LogP contribution is 2.32. The molecule has 0 saturated heterocycles. The molecule has 94 valence electrons. The summed E-state index contributed by atoms with van der Waals surface area (Å²) in [5.41, 5.74) is 3.43. The molecule has 1 heterocycles. The molecule has 1 aromatic heterocycles. The summed E-state index contributed by atoms with van der Waals surface area (Å²) in [6.07, 6.45) is 1.02. The maximum atomic E-state index is 11.5. The van der Waals surface area contributed by atoms with Gasteiger partial charge in [0, 0.05) is 27.4 Å². The van der Waals surface area contributed by atoms with Crippen molar-refractivity contribution in [2.75, 3.05) is 0 Å². The van der Waals surface area contributed by atoms with E-state index in [9.17, 15) is 9.90 Å². The van der Waals surface area contributed by atoms with Crippen LogP contribution in [0.1, 0.15) is 16.7 Å². The van der Waals surface area contributed by atoms with Gasteiger partial charge < -0.3 is 9.52 Å². The molecule has 0 aliphatic heterocycles. The summed E-state index contributed by atoms with van der Waals surface area (Å²) in [4.78, 5) is 11.5. The third-order valence-electron chi connectivity index (χ3n) is 3.57. The van der Waals surface area contributed by atoms with E-state index in [2.05, 4.69) is 28.7 Å². The van der Waals surface area contributed by atoms with E-state index < -0.39 is 0 Å². The summed E-state index contributed by atoms with van der Waals surface area (Å²) in [6, 6.07) is 5.60. The molecule has 3 rings (SSSR count). The number of benzene rings is 1. The molecule has 0 amide bonds. The maximum absolute atomic E-state index is 11.5. The highest BCUT2D eigenvalue weighted by atomic mass is 127. The number of hydrogen-bond acceptors (Lipinski definition) is 3. The van der Waals surface area contributed by atoms with Gasteiger partial charge in [-0.15, -0.1) is 0 Å². The van der Waals surface area contributed by atoms with Crippen LogP contribution in [0.4, 0.5) is 0 Å². The molecule has 4 heteroatoms. The molecule has 2 aromatic rings. The maximum Gasteiger partial charge on any atom is 0.336 e. The molecular weight excluding hydrogens is 343 g/mol. The molecular formula is C14H13IO3. The highest BCUT2D eigenvalue weighted by Gasteiger charge is 2.27. The largest absolute Gasteiger partial charge is 0.422 e. The van der Waals surface area contributed by atoms with E-state index >= 15 is 0 Å². The number of aryl methyl sites for hydroxylation is 1. The third kappa shape index (κ3) is 1.87. The van der Waals surface area contributed by atoms with Gasteiger partial charge in [0.25, 0.3) is 0 Å². The van der Waals surface area contributed by atoms with Crippen molar-refractivity contribution in [2.24, 2.45) is 0 Å². The van der Waals surface area contributed by atoms with E-state index in [1.54, 1.807) is 0 Å². The van der Waals surface area contributed by atoms with E-state index in [0.717, 1.165) is 22.9 Å². The Morgan fingerprint density at radius 2 is 2.17 bits per heavy atom. The van der Waals surface area contributed by atoms with E-state index in [4.69, 9.17) is 4.42 Å². The predicted octanol–water partition coefficient (Wildman–Crippen LogP) is 2.36. The molecule has 0 unspecified atom stereocenters. The molecule has 1 N–H and O–H groups in total. The van der Waals surface area contributed by atoms with Gasteiger partial charge in [-0.05, 0) is 24.5 Å². The van der Waals surface area contributed by atoms with Gasteiger partial charge in [0.2, 0.25) is 0 Å². The molecule has 2 atom stereocenters. The van der Waals surface area contributed by atoms with E-state index in [1.807, 2.05) is 13.0 Å². The molecule has 0 saturated carbocycles. The Bertz CT molecular complexity index is 675. The lowest BCUT2D eigenvalue weighted by atomic mass is 9.88. The van der Waals surface area contributed by atoms with Gasteiger partial charge in [-0.3, -0.25) is 0 Å². The van der Waals surface area contributed by atoms with Crippen LogP contribution in [-0.2, 0) is 12.8 Å². The van der Waals surface area contributed by atoms with Gasteiger partial charge in [0.05, 0.1) is 6.10 Å². The van der Waals surface area contributed by atoms with Crippen LogP contribution in [0.5, 0.6) is 0 Å². The van der Waals surface area contributed by atoms with Crippen molar-refractivity contribution >= 4 is 33.6 Å². The van der Waals surface area contributed by atoms with Crippen molar-refractivity contribution in [1.29, 1.82) is 0 Å². The quantitative estimate of drug-likeness (QED) is 0.448. The van der Waals surface area contributed by atoms with Crippen LogP contribution in [0.15, 0.2) is 27.4 Å². The Labute approximate surface area is 118 Å². The average Bonchev–Trinajstić information content (AvgIpc) is 2.30. The molecule has 0 radical (unpaired) electrons. The zero-order valence-corrected chi connectivity index (χ0v) is 12.1. The summed E-state index contributed by atoms with van der Waals surface area (Å²) in [5.74, 6) is 0. The number of aliphatic hydroxyl groups is 1. The Balaban J connectivity index is 2.32. The lowest BCUT2D eigenvalue weighted by Crippen LogP contribution is -2.30. The van der Waals surface area contributed by atoms with Crippen molar-refractivity contribution < 1.29 is 9.52 Å². The molecule has 3 nitrogen and oxygen atoms in total. The fourth-order valence-electron chi connectivity index (χ4n) is 2.58.